The summed E-state index contributed by atoms with van der Waals surface area (Å²) in [6.07, 6.45) is 1.66. The lowest BCUT2D eigenvalue weighted by Gasteiger charge is -2.06. The van der Waals surface area contributed by atoms with Gasteiger partial charge in [0.1, 0.15) is 5.82 Å². The first kappa shape index (κ1) is 12.6. The van der Waals surface area contributed by atoms with E-state index in [1.807, 2.05) is 6.92 Å². The van der Waals surface area contributed by atoms with Gasteiger partial charge in [0, 0.05) is 36.0 Å². The second-order valence-corrected chi connectivity index (χ2v) is 3.98. The molecule has 2 aromatic rings. The Hall–Kier alpha value is -1.82. The largest absolute Gasteiger partial charge is 0.308 e. The first-order valence-corrected chi connectivity index (χ1v) is 5.41. The van der Waals surface area contributed by atoms with Gasteiger partial charge in [0.25, 0.3) is 0 Å². The van der Waals surface area contributed by atoms with Crippen LogP contribution in [-0.2, 0) is 13.1 Å². The molecule has 1 aromatic heterocycles. The molecule has 0 saturated carbocycles. The van der Waals surface area contributed by atoms with E-state index in [2.05, 4.69) is 15.5 Å². The van der Waals surface area contributed by atoms with Gasteiger partial charge in [-0.15, -0.1) is 0 Å². The Morgan fingerprint density at radius 1 is 1.06 bits per heavy atom. The second-order valence-electron chi connectivity index (χ2n) is 3.98. The molecule has 0 aliphatic carbocycles. The summed E-state index contributed by atoms with van der Waals surface area (Å²) < 4.78 is 39.0. The van der Waals surface area contributed by atoms with Crippen LogP contribution in [0.5, 0.6) is 0 Å². The van der Waals surface area contributed by atoms with Crippen molar-refractivity contribution in [1.29, 1.82) is 0 Å². The molecular weight excluding hydrogens is 243 g/mol. The third-order valence-corrected chi connectivity index (χ3v) is 2.65. The average Bonchev–Trinajstić information content (AvgIpc) is 2.72. The van der Waals surface area contributed by atoms with Crippen molar-refractivity contribution < 1.29 is 13.2 Å². The van der Waals surface area contributed by atoms with E-state index in [1.54, 1.807) is 6.20 Å². The fourth-order valence-electron chi connectivity index (χ4n) is 1.58. The molecule has 96 valence electrons. The van der Waals surface area contributed by atoms with Crippen LogP contribution in [0.15, 0.2) is 18.3 Å². The maximum absolute atomic E-state index is 13.3. The van der Waals surface area contributed by atoms with Crippen LogP contribution in [0.3, 0.4) is 0 Å². The zero-order valence-corrected chi connectivity index (χ0v) is 9.73. The molecule has 0 amide bonds. The van der Waals surface area contributed by atoms with E-state index in [1.165, 1.54) is 0 Å². The van der Waals surface area contributed by atoms with Crippen LogP contribution in [0.2, 0.25) is 0 Å². The number of aryl methyl sites for hydroxylation is 1. The smallest absolute Gasteiger partial charge is 0.161 e. The Morgan fingerprint density at radius 3 is 2.39 bits per heavy atom. The summed E-state index contributed by atoms with van der Waals surface area (Å²) in [7, 11) is 0. The molecule has 0 fully saturated rings. The van der Waals surface area contributed by atoms with E-state index in [0.29, 0.717) is 12.6 Å². The minimum atomic E-state index is -1.18. The number of nitrogens with zero attached hydrogens (tertiary/aromatic N) is 1. The number of aromatic nitrogens is 2. The van der Waals surface area contributed by atoms with Gasteiger partial charge in [-0.1, -0.05) is 0 Å². The summed E-state index contributed by atoms with van der Waals surface area (Å²) in [5.41, 5.74) is 1.95. The van der Waals surface area contributed by atoms with Crippen molar-refractivity contribution in [3.63, 3.8) is 0 Å². The Bertz CT molecular complexity index is 551. The lowest BCUT2D eigenvalue weighted by atomic mass is 10.2. The van der Waals surface area contributed by atoms with Gasteiger partial charge in [0.15, 0.2) is 11.6 Å². The number of hydrogen-bond donors (Lipinski definition) is 2. The van der Waals surface area contributed by atoms with Crippen molar-refractivity contribution in [2.45, 2.75) is 20.0 Å². The molecule has 2 N–H and O–H groups in total. The van der Waals surface area contributed by atoms with Crippen molar-refractivity contribution in [1.82, 2.24) is 15.5 Å². The summed E-state index contributed by atoms with van der Waals surface area (Å²) in [4.78, 5) is 0. The maximum atomic E-state index is 13.3. The minimum absolute atomic E-state index is 0.0926. The van der Waals surface area contributed by atoms with Crippen molar-refractivity contribution in [3.8, 4) is 0 Å². The molecule has 1 aromatic carbocycles. The molecule has 0 atom stereocenters. The monoisotopic (exact) mass is 255 g/mol. The van der Waals surface area contributed by atoms with E-state index in [4.69, 9.17) is 0 Å². The number of aromatic amines is 1. The lowest BCUT2D eigenvalue weighted by Crippen LogP contribution is -2.14. The van der Waals surface area contributed by atoms with E-state index in [-0.39, 0.29) is 12.1 Å². The van der Waals surface area contributed by atoms with Crippen LogP contribution >= 0.6 is 0 Å². The van der Waals surface area contributed by atoms with Gasteiger partial charge in [-0.25, -0.2) is 13.2 Å². The van der Waals surface area contributed by atoms with E-state index < -0.39 is 17.5 Å². The van der Waals surface area contributed by atoms with E-state index >= 15 is 0 Å². The van der Waals surface area contributed by atoms with Gasteiger partial charge < -0.3 is 5.32 Å². The maximum Gasteiger partial charge on any atom is 0.161 e. The Kier molecular flexibility index (Phi) is 3.66. The summed E-state index contributed by atoms with van der Waals surface area (Å²) in [5.74, 6) is -2.99. The van der Waals surface area contributed by atoms with Gasteiger partial charge in [-0.05, 0) is 13.0 Å². The molecule has 0 aliphatic heterocycles. The van der Waals surface area contributed by atoms with Crippen LogP contribution in [0.4, 0.5) is 13.2 Å². The standard InChI is InChI=1S/C12H12F3N3/c1-7-9(6-17-18-7)5-16-4-8-2-11(14)12(15)3-10(8)13/h2-3,6,16H,4-5H2,1H3,(H,17,18). The van der Waals surface area contributed by atoms with Crippen molar-refractivity contribution >= 4 is 0 Å². The van der Waals surface area contributed by atoms with Gasteiger partial charge in [0.05, 0.1) is 6.20 Å². The molecule has 6 heteroatoms. The number of benzene rings is 1. The third-order valence-electron chi connectivity index (χ3n) is 2.65. The first-order chi connectivity index (χ1) is 8.58. The molecule has 2 rings (SSSR count). The normalized spacial score (nSPS) is 10.9. The summed E-state index contributed by atoms with van der Waals surface area (Å²) in [5, 5.41) is 9.56. The molecule has 18 heavy (non-hydrogen) atoms. The predicted molar refractivity (Wildman–Crippen MR) is 60.2 cm³/mol. The first-order valence-electron chi connectivity index (χ1n) is 5.41. The third kappa shape index (κ3) is 2.70. The van der Waals surface area contributed by atoms with Crippen molar-refractivity contribution in [3.05, 3.63) is 52.6 Å². The average molecular weight is 255 g/mol. The van der Waals surface area contributed by atoms with Crippen LogP contribution in [0, 0.1) is 24.4 Å². The number of nitrogens with one attached hydrogen (secondary N) is 2. The van der Waals surface area contributed by atoms with Crippen LogP contribution in [0.25, 0.3) is 0 Å². The molecule has 0 radical (unpaired) electrons. The summed E-state index contributed by atoms with van der Waals surface area (Å²) in [6, 6.07) is 1.41. The highest BCUT2D eigenvalue weighted by molar-refractivity contribution is 5.20. The molecule has 0 aliphatic rings. The van der Waals surface area contributed by atoms with Crippen LogP contribution in [-0.4, -0.2) is 10.2 Å². The predicted octanol–water partition coefficient (Wildman–Crippen LogP) is 2.43. The van der Waals surface area contributed by atoms with Gasteiger partial charge in [0.2, 0.25) is 0 Å². The quantitative estimate of drug-likeness (QED) is 0.824. The zero-order chi connectivity index (χ0) is 13.1. The van der Waals surface area contributed by atoms with Gasteiger partial charge in [-0.3, -0.25) is 5.10 Å². The molecule has 0 bridgehead atoms. The Balaban J connectivity index is 1.99. The van der Waals surface area contributed by atoms with Crippen molar-refractivity contribution in [2.75, 3.05) is 0 Å². The summed E-state index contributed by atoms with van der Waals surface area (Å²) in [6.45, 7) is 2.45. The fourth-order valence-corrected chi connectivity index (χ4v) is 1.58. The van der Waals surface area contributed by atoms with Crippen LogP contribution < -0.4 is 5.32 Å². The molecule has 0 unspecified atom stereocenters. The number of halogens is 3. The molecule has 1 heterocycles. The SMILES string of the molecule is Cc1[nH]ncc1CNCc1cc(F)c(F)cc1F. The van der Waals surface area contributed by atoms with Gasteiger partial charge in [-0.2, -0.15) is 5.10 Å². The highest BCUT2D eigenvalue weighted by atomic mass is 19.2. The fraction of sp³-hybridized carbons (Fsp3) is 0.250. The van der Waals surface area contributed by atoms with E-state index in [0.717, 1.165) is 17.3 Å². The zero-order valence-electron chi connectivity index (χ0n) is 9.73. The van der Waals surface area contributed by atoms with Gasteiger partial charge >= 0.3 is 0 Å². The highest BCUT2D eigenvalue weighted by Gasteiger charge is 2.09. The molecule has 0 saturated heterocycles. The Morgan fingerprint density at radius 2 is 1.72 bits per heavy atom. The minimum Gasteiger partial charge on any atom is -0.308 e. The second kappa shape index (κ2) is 5.22. The molecule has 0 spiro atoms. The Labute approximate surface area is 102 Å². The lowest BCUT2D eigenvalue weighted by molar-refractivity contribution is 0.486. The molecular formula is C12H12F3N3. The number of H-pyrrole nitrogens is 1. The van der Waals surface area contributed by atoms with E-state index in [9.17, 15) is 13.2 Å². The molecule has 3 nitrogen and oxygen atoms in total. The van der Waals surface area contributed by atoms with Crippen LogP contribution in [0.1, 0.15) is 16.8 Å². The van der Waals surface area contributed by atoms with Crippen molar-refractivity contribution in [2.24, 2.45) is 0 Å². The number of hydrogen-bond acceptors (Lipinski definition) is 2. The number of rotatable bonds is 4. The highest BCUT2D eigenvalue weighted by Crippen LogP contribution is 2.13. The topological polar surface area (TPSA) is 40.7 Å². The summed E-state index contributed by atoms with van der Waals surface area (Å²) >= 11 is 0.